The van der Waals surface area contributed by atoms with E-state index in [9.17, 15) is 4.79 Å². The van der Waals surface area contributed by atoms with Crippen molar-refractivity contribution in [3.8, 4) is 0 Å². The zero-order chi connectivity index (χ0) is 12.1. The van der Waals surface area contributed by atoms with Crippen LogP contribution in [0.25, 0.3) is 0 Å². The standard InChI is InChI=1S/C12H16N2O3/c13-10-3-1-9(2-4-10)7-14-12(15)11-8-16-5-6-17-11/h1-4,11H,5-8,13H2,(H,14,15). The van der Waals surface area contributed by atoms with Crippen molar-refractivity contribution in [1.82, 2.24) is 5.32 Å². The molecule has 0 radical (unpaired) electrons. The Morgan fingerprint density at radius 3 is 2.76 bits per heavy atom. The van der Waals surface area contributed by atoms with Crippen LogP contribution in [0, 0.1) is 0 Å². The van der Waals surface area contributed by atoms with E-state index in [4.69, 9.17) is 15.2 Å². The predicted molar refractivity (Wildman–Crippen MR) is 63.3 cm³/mol. The number of benzene rings is 1. The smallest absolute Gasteiger partial charge is 0.251 e. The van der Waals surface area contributed by atoms with Gasteiger partial charge in [0.15, 0.2) is 6.10 Å². The lowest BCUT2D eigenvalue weighted by atomic mass is 10.2. The van der Waals surface area contributed by atoms with Gasteiger partial charge in [-0.05, 0) is 17.7 Å². The molecule has 5 heteroatoms. The average molecular weight is 236 g/mol. The van der Waals surface area contributed by atoms with Crippen LogP contribution in [0.4, 0.5) is 5.69 Å². The molecular formula is C12H16N2O3. The Morgan fingerprint density at radius 2 is 2.12 bits per heavy atom. The van der Waals surface area contributed by atoms with E-state index in [-0.39, 0.29) is 5.91 Å². The summed E-state index contributed by atoms with van der Waals surface area (Å²) >= 11 is 0. The van der Waals surface area contributed by atoms with Crippen molar-refractivity contribution in [3.63, 3.8) is 0 Å². The molecule has 1 heterocycles. The summed E-state index contributed by atoms with van der Waals surface area (Å²) in [4.78, 5) is 11.7. The summed E-state index contributed by atoms with van der Waals surface area (Å²) in [5.74, 6) is -0.137. The predicted octanol–water partition coefficient (Wildman–Crippen LogP) is 0.300. The summed E-state index contributed by atoms with van der Waals surface area (Å²) in [7, 11) is 0. The van der Waals surface area contributed by atoms with E-state index in [0.717, 1.165) is 5.56 Å². The molecule has 2 rings (SSSR count). The molecule has 1 aromatic rings. The third kappa shape index (κ3) is 3.44. The maximum atomic E-state index is 11.7. The topological polar surface area (TPSA) is 73.6 Å². The molecule has 1 aliphatic heterocycles. The van der Waals surface area contributed by atoms with E-state index < -0.39 is 6.10 Å². The van der Waals surface area contributed by atoms with E-state index in [0.29, 0.717) is 32.1 Å². The van der Waals surface area contributed by atoms with Crippen molar-refractivity contribution in [2.75, 3.05) is 25.6 Å². The average Bonchev–Trinajstić information content (AvgIpc) is 2.39. The van der Waals surface area contributed by atoms with Gasteiger partial charge in [-0.25, -0.2) is 0 Å². The molecule has 1 fully saturated rings. The lowest BCUT2D eigenvalue weighted by Crippen LogP contribution is -2.42. The van der Waals surface area contributed by atoms with Crippen LogP contribution < -0.4 is 11.1 Å². The Kier molecular flexibility index (Phi) is 3.95. The Balaban J connectivity index is 1.81. The second-order valence-electron chi connectivity index (χ2n) is 3.89. The molecule has 0 saturated carbocycles. The fourth-order valence-corrected chi connectivity index (χ4v) is 1.58. The quantitative estimate of drug-likeness (QED) is 0.740. The summed E-state index contributed by atoms with van der Waals surface area (Å²) < 4.78 is 10.5. The summed E-state index contributed by atoms with van der Waals surface area (Å²) in [5, 5.41) is 2.80. The number of anilines is 1. The Hall–Kier alpha value is -1.59. The molecule has 1 amide bonds. The number of ether oxygens (including phenoxy) is 2. The molecule has 1 saturated heterocycles. The highest BCUT2D eigenvalue weighted by atomic mass is 16.6. The highest BCUT2D eigenvalue weighted by molar-refractivity contribution is 5.80. The highest BCUT2D eigenvalue weighted by Crippen LogP contribution is 2.06. The molecule has 17 heavy (non-hydrogen) atoms. The zero-order valence-electron chi connectivity index (χ0n) is 9.52. The van der Waals surface area contributed by atoms with Gasteiger partial charge in [0.2, 0.25) is 0 Å². The molecule has 5 nitrogen and oxygen atoms in total. The van der Waals surface area contributed by atoms with E-state index in [1.54, 1.807) is 0 Å². The first kappa shape index (κ1) is 11.9. The maximum absolute atomic E-state index is 11.7. The summed E-state index contributed by atoms with van der Waals surface area (Å²) in [5.41, 5.74) is 7.29. The van der Waals surface area contributed by atoms with E-state index in [1.807, 2.05) is 24.3 Å². The van der Waals surface area contributed by atoms with E-state index in [2.05, 4.69) is 5.32 Å². The fourth-order valence-electron chi connectivity index (χ4n) is 1.58. The minimum Gasteiger partial charge on any atom is -0.399 e. The van der Waals surface area contributed by atoms with Crippen molar-refractivity contribution < 1.29 is 14.3 Å². The first-order valence-electron chi connectivity index (χ1n) is 5.57. The monoisotopic (exact) mass is 236 g/mol. The normalized spacial score (nSPS) is 19.9. The van der Waals surface area contributed by atoms with Crippen LogP contribution in [0.2, 0.25) is 0 Å². The van der Waals surface area contributed by atoms with Gasteiger partial charge in [-0.1, -0.05) is 12.1 Å². The number of nitrogens with two attached hydrogens (primary N) is 1. The molecular weight excluding hydrogens is 220 g/mol. The lowest BCUT2D eigenvalue weighted by Gasteiger charge is -2.22. The van der Waals surface area contributed by atoms with E-state index >= 15 is 0 Å². The number of hydrogen-bond acceptors (Lipinski definition) is 4. The lowest BCUT2D eigenvalue weighted by molar-refractivity contribution is -0.147. The number of amides is 1. The van der Waals surface area contributed by atoms with Crippen LogP contribution in [-0.4, -0.2) is 31.8 Å². The summed E-state index contributed by atoms with van der Waals surface area (Å²) in [6.07, 6.45) is -0.488. The number of hydrogen-bond donors (Lipinski definition) is 2. The summed E-state index contributed by atoms with van der Waals surface area (Å²) in [6.45, 7) is 1.83. The van der Waals surface area contributed by atoms with Crippen LogP contribution >= 0.6 is 0 Å². The Labute approximate surface area is 99.9 Å². The van der Waals surface area contributed by atoms with Gasteiger partial charge in [-0.15, -0.1) is 0 Å². The van der Waals surface area contributed by atoms with Crippen LogP contribution in [0.15, 0.2) is 24.3 Å². The van der Waals surface area contributed by atoms with Crippen molar-refractivity contribution in [3.05, 3.63) is 29.8 Å². The highest BCUT2D eigenvalue weighted by Gasteiger charge is 2.21. The second-order valence-corrected chi connectivity index (χ2v) is 3.89. The molecule has 0 aromatic heterocycles. The maximum Gasteiger partial charge on any atom is 0.251 e. The van der Waals surface area contributed by atoms with Gasteiger partial charge in [0.05, 0.1) is 19.8 Å². The SMILES string of the molecule is Nc1ccc(CNC(=O)C2COCCO2)cc1. The third-order valence-corrected chi connectivity index (χ3v) is 2.55. The second kappa shape index (κ2) is 5.65. The molecule has 0 aliphatic carbocycles. The number of nitrogen functional groups attached to an aromatic ring is 1. The molecule has 1 aromatic carbocycles. The molecule has 0 spiro atoms. The molecule has 1 unspecified atom stereocenters. The Morgan fingerprint density at radius 1 is 1.35 bits per heavy atom. The Bertz CT molecular complexity index is 372. The van der Waals surface area contributed by atoms with Gasteiger partial charge in [0, 0.05) is 12.2 Å². The zero-order valence-corrected chi connectivity index (χ0v) is 9.52. The van der Waals surface area contributed by atoms with Crippen LogP contribution in [0.1, 0.15) is 5.56 Å². The largest absolute Gasteiger partial charge is 0.399 e. The third-order valence-electron chi connectivity index (χ3n) is 2.55. The van der Waals surface area contributed by atoms with Gasteiger partial charge in [0.1, 0.15) is 0 Å². The molecule has 1 atom stereocenters. The van der Waals surface area contributed by atoms with Crippen molar-refractivity contribution in [2.45, 2.75) is 12.6 Å². The fraction of sp³-hybridized carbons (Fsp3) is 0.417. The number of carbonyl (C=O) groups excluding carboxylic acids is 1. The van der Waals surface area contributed by atoms with Gasteiger partial charge in [-0.2, -0.15) is 0 Å². The van der Waals surface area contributed by atoms with Crippen molar-refractivity contribution in [2.24, 2.45) is 0 Å². The minimum atomic E-state index is -0.488. The molecule has 0 bridgehead atoms. The minimum absolute atomic E-state index is 0.137. The van der Waals surface area contributed by atoms with Crippen LogP contribution in [0.3, 0.4) is 0 Å². The number of carbonyl (C=O) groups is 1. The van der Waals surface area contributed by atoms with Crippen molar-refractivity contribution in [1.29, 1.82) is 0 Å². The summed E-state index contributed by atoms with van der Waals surface area (Å²) in [6, 6.07) is 7.38. The number of nitrogens with one attached hydrogen (secondary N) is 1. The molecule has 92 valence electrons. The van der Waals surface area contributed by atoms with Gasteiger partial charge in [0.25, 0.3) is 5.91 Å². The van der Waals surface area contributed by atoms with Crippen LogP contribution in [-0.2, 0) is 20.8 Å². The van der Waals surface area contributed by atoms with Gasteiger partial charge >= 0.3 is 0 Å². The van der Waals surface area contributed by atoms with E-state index in [1.165, 1.54) is 0 Å². The van der Waals surface area contributed by atoms with Crippen LogP contribution in [0.5, 0.6) is 0 Å². The van der Waals surface area contributed by atoms with Gasteiger partial charge < -0.3 is 20.5 Å². The van der Waals surface area contributed by atoms with Gasteiger partial charge in [-0.3, -0.25) is 4.79 Å². The molecule has 3 N–H and O–H groups in total. The van der Waals surface area contributed by atoms with Crippen molar-refractivity contribution >= 4 is 11.6 Å². The first-order chi connectivity index (χ1) is 8.25. The number of rotatable bonds is 3. The first-order valence-corrected chi connectivity index (χ1v) is 5.57. The molecule has 1 aliphatic rings.